The minimum absolute atomic E-state index is 0.612. The lowest BCUT2D eigenvalue weighted by atomic mass is 10.1. The van der Waals surface area contributed by atoms with Gasteiger partial charge in [0, 0.05) is 36.4 Å². The molecule has 2 unspecified atom stereocenters. The summed E-state index contributed by atoms with van der Waals surface area (Å²) in [5.41, 5.74) is 2.64. The molecule has 1 heterocycles. The van der Waals surface area contributed by atoms with E-state index in [1.807, 2.05) is 6.07 Å². The smallest absolute Gasteiger partial charge is 0.0427 e. The first-order valence-corrected chi connectivity index (χ1v) is 8.31. The maximum atomic E-state index is 6.23. The molecule has 1 N–H and O–H groups in total. The highest BCUT2D eigenvalue weighted by atomic mass is 35.5. The van der Waals surface area contributed by atoms with Crippen molar-refractivity contribution in [3.8, 4) is 0 Å². The zero-order valence-corrected chi connectivity index (χ0v) is 14.5. The zero-order valence-electron chi connectivity index (χ0n) is 13.7. The summed E-state index contributed by atoms with van der Waals surface area (Å²) in [6.45, 7) is 8.68. The molecule has 0 radical (unpaired) electrons. The quantitative estimate of drug-likeness (QED) is 0.814. The second-order valence-corrected chi connectivity index (χ2v) is 6.80. The van der Waals surface area contributed by atoms with Gasteiger partial charge in [0.15, 0.2) is 0 Å². The number of benzene rings is 1. The summed E-state index contributed by atoms with van der Waals surface area (Å²) >= 11 is 6.23. The summed E-state index contributed by atoms with van der Waals surface area (Å²) < 4.78 is 0. The van der Waals surface area contributed by atoms with Gasteiger partial charge in [-0.3, -0.25) is 0 Å². The Morgan fingerprint density at radius 1 is 1.33 bits per heavy atom. The van der Waals surface area contributed by atoms with Crippen LogP contribution in [0, 0.1) is 5.92 Å². The standard InChI is InChI=1S/C17H28ClN3/c1-5-8-19-10-14-6-7-15(18)9-16(14)21-11-13(2)17(12-21)20(3)4/h6-7,9,13,17,19H,5,8,10-12H2,1-4H3. The lowest BCUT2D eigenvalue weighted by molar-refractivity contribution is 0.266. The van der Waals surface area contributed by atoms with Gasteiger partial charge in [0.25, 0.3) is 0 Å². The van der Waals surface area contributed by atoms with Crippen molar-refractivity contribution < 1.29 is 0 Å². The van der Waals surface area contributed by atoms with Crippen LogP contribution in [0.1, 0.15) is 25.8 Å². The van der Waals surface area contributed by atoms with E-state index in [0.717, 1.165) is 37.6 Å². The number of hydrogen-bond donors (Lipinski definition) is 1. The van der Waals surface area contributed by atoms with Crippen molar-refractivity contribution in [3.05, 3.63) is 28.8 Å². The first-order chi connectivity index (χ1) is 10.0. The Labute approximate surface area is 134 Å². The molecule has 3 nitrogen and oxygen atoms in total. The topological polar surface area (TPSA) is 18.5 Å². The van der Waals surface area contributed by atoms with E-state index >= 15 is 0 Å². The zero-order chi connectivity index (χ0) is 15.4. The first-order valence-electron chi connectivity index (χ1n) is 7.93. The third-order valence-corrected chi connectivity index (χ3v) is 4.60. The molecule has 2 atom stereocenters. The van der Waals surface area contributed by atoms with Crippen molar-refractivity contribution in [2.75, 3.05) is 38.6 Å². The fourth-order valence-electron chi connectivity index (χ4n) is 3.20. The monoisotopic (exact) mass is 309 g/mol. The third-order valence-electron chi connectivity index (χ3n) is 4.37. The number of rotatable bonds is 6. The van der Waals surface area contributed by atoms with E-state index in [9.17, 15) is 0 Å². The molecule has 0 aliphatic carbocycles. The summed E-state index contributed by atoms with van der Waals surface area (Å²) in [5.74, 6) is 0.676. The Kier molecular flexibility index (Phi) is 5.91. The molecule has 1 saturated heterocycles. The largest absolute Gasteiger partial charge is 0.369 e. The average Bonchev–Trinajstić information content (AvgIpc) is 2.83. The fraction of sp³-hybridized carbons (Fsp3) is 0.647. The molecule has 4 heteroatoms. The molecular weight excluding hydrogens is 282 g/mol. The number of nitrogens with one attached hydrogen (secondary N) is 1. The lowest BCUT2D eigenvalue weighted by Gasteiger charge is -2.24. The van der Waals surface area contributed by atoms with Crippen LogP contribution < -0.4 is 10.2 Å². The summed E-state index contributed by atoms with van der Waals surface area (Å²) in [4.78, 5) is 4.83. The SMILES string of the molecule is CCCNCc1ccc(Cl)cc1N1CC(C)C(N(C)C)C1. The van der Waals surface area contributed by atoms with E-state index in [2.05, 4.69) is 55.2 Å². The van der Waals surface area contributed by atoms with E-state index in [-0.39, 0.29) is 0 Å². The Morgan fingerprint density at radius 2 is 2.10 bits per heavy atom. The van der Waals surface area contributed by atoms with Crippen LogP contribution >= 0.6 is 11.6 Å². The van der Waals surface area contributed by atoms with Crippen LogP contribution in [0.3, 0.4) is 0 Å². The Balaban J connectivity index is 2.16. The molecule has 1 aromatic carbocycles. The minimum atomic E-state index is 0.612. The van der Waals surface area contributed by atoms with Crippen LogP contribution in [0.2, 0.25) is 5.02 Å². The van der Waals surface area contributed by atoms with Gasteiger partial charge >= 0.3 is 0 Å². The highest BCUT2D eigenvalue weighted by Gasteiger charge is 2.31. The molecule has 1 aliphatic heterocycles. The van der Waals surface area contributed by atoms with Crippen LogP contribution in [-0.2, 0) is 6.54 Å². The molecule has 0 amide bonds. The molecule has 21 heavy (non-hydrogen) atoms. The highest BCUT2D eigenvalue weighted by molar-refractivity contribution is 6.30. The van der Waals surface area contributed by atoms with Gasteiger partial charge in [-0.15, -0.1) is 0 Å². The maximum absolute atomic E-state index is 6.23. The third kappa shape index (κ3) is 4.12. The fourth-order valence-corrected chi connectivity index (χ4v) is 3.37. The summed E-state index contributed by atoms with van der Waals surface area (Å²) in [5, 5.41) is 4.32. The molecule has 1 aromatic rings. The van der Waals surface area contributed by atoms with E-state index in [1.54, 1.807) is 0 Å². The molecule has 0 aromatic heterocycles. The van der Waals surface area contributed by atoms with Gasteiger partial charge < -0.3 is 15.1 Å². The summed E-state index contributed by atoms with van der Waals surface area (Å²) in [6, 6.07) is 6.89. The number of halogens is 1. The molecule has 0 bridgehead atoms. The predicted octanol–water partition coefficient (Wildman–Crippen LogP) is 3.23. The van der Waals surface area contributed by atoms with Crippen LogP contribution in [0.25, 0.3) is 0 Å². The van der Waals surface area contributed by atoms with E-state index in [1.165, 1.54) is 11.3 Å². The van der Waals surface area contributed by atoms with E-state index in [0.29, 0.717) is 12.0 Å². The molecule has 1 fully saturated rings. The summed E-state index contributed by atoms with van der Waals surface area (Å²) in [7, 11) is 4.35. The average molecular weight is 310 g/mol. The normalized spacial score (nSPS) is 22.3. The number of hydrogen-bond acceptors (Lipinski definition) is 3. The Morgan fingerprint density at radius 3 is 2.71 bits per heavy atom. The second-order valence-electron chi connectivity index (χ2n) is 6.36. The number of likely N-dealkylation sites (N-methyl/N-ethyl adjacent to an activating group) is 1. The van der Waals surface area contributed by atoms with Crippen LogP contribution in [0.15, 0.2) is 18.2 Å². The van der Waals surface area contributed by atoms with Gasteiger partial charge in [0.05, 0.1) is 0 Å². The van der Waals surface area contributed by atoms with Crippen molar-refractivity contribution in [2.24, 2.45) is 5.92 Å². The summed E-state index contributed by atoms with van der Waals surface area (Å²) in [6.07, 6.45) is 1.16. The highest BCUT2D eigenvalue weighted by Crippen LogP contribution is 2.31. The van der Waals surface area contributed by atoms with Gasteiger partial charge in [-0.1, -0.05) is 31.5 Å². The first kappa shape index (κ1) is 16.6. The van der Waals surface area contributed by atoms with Crippen molar-refractivity contribution >= 4 is 17.3 Å². The molecule has 118 valence electrons. The van der Waals surface area contributed by atoms with Gasteiger partial charge in [0.2, 0.25) is 0 Å². The van der Waals surface area contributed by atoms with Crippen molar-refractivity contribution in [3.63, 3.8) is 0 Å². The Bertz CT molecular complexity index is 461. The van der Waals surface area contributed by atoms with Gasteiger partial charge in [-0.25, -0.2) is 0 Å². The number of anilines is 1. The van der Waals surface area contributed by atoms with Crippen molar-refractivity contribution in [1.29, 1.82) is 0 Å². The lowest BCUT2D eigenvalue weighted by Crippen LogP contribution is -2.34. The van der Waals surface area contributed by atoms with Gasteiger partial charge in [-0.2, -0.15) is 0 Å². The molecular formula is C17H28ClN3. The second kappa shape index (κ2) is 7.48. The van der Waals surface area contributed by atoms with Gasteiger partial charge in [-0.05, 0) is 50.7 Å². The maximum Gasteiger partial charge on any atom is 0.0427 e. The van der Waals surface area contributed by atoms with E-state index < -0.39 is 0 Å². The van der Waals surface area contributed by atoms with E-state index in [4.69, 9.17) is 11.6 Å². The molecule has 2 rings (SSSR count). The van der Waals surface area contributed by atoms with Crippen molar-refractivity contribution in [2.45, 2.75) is 32.9 Å². The van der Waals surface area contributed by atoms with Crippen LogP contribution in [0.4, 0.5) is 5.69 Å². The minimum Gasteiger partial charge on any atom is -0.369 e. The van der Waals surface area contributed by atoms with Gasteiger partial charge in [0.1, 0.15) is 0 Å². The predicted molar refractivity (Wildman–Crippen MR) is 92.3 cm³/mol. The van der Waals surface area contributed by atoms with Crippen LogP contribution in [0.5, 0.6) is 0 Å². The molecule has 0 spiro atoms. The molecule has 1 aliphatic rings. The number of nitrogens with zero attached hydrogens (tertiary/aromatic N) is 2. The van der Waals surface area contributed by atoms with Crippen molar-refractivity contribution in [1.82, 2.24) is 10.2 Å². The molecule has 0 saturated carbocycles. The van der Waals surface area contributed by atoms with Crippen LogP contribution in [-0.4, -0.2) is 44.7 Å². The Hall–Kier alpha value is -0.770.